The number of rotatable bonds is 2. The van der Waals surface area contributed by atoms with Crippen molar-refractivity contribution < 1.29 is 13.2 Å². The van der Waals surface area contributed by atoms with Crippen LogP contribution in [0.3, 0.4) is 0 Å². The van der Waals surface area contributed by atoms with Crippen LogP contribution in [0.2, 0.25) is 5.02 Å². The van der Waals surface area contributed by atoms with Crippen molar-refractivity contribution in [2.45, 2.75) is 12.7 Å². The quantitative estimate of drug-likeness (QED) is 0.915. The maximum Gasteiger partial charge on any atom is 0.416 e. The van der Waals surface area contributed by atoms with Gasteiger partial charge in [0.15, 0.2) is 0 Å². The molecule has 0 saturated heterocycles. The zero-order valence-corrected chi connectivity index (χ0v) is 9.83. The molecule has 0 unspecified atom stereocenters. The fraction of sp³-hybridized carbons (Fsp3) is 0.182. The molecule has 0 amide bonds. The number of aromatic nitrogens is 2. The van der Waals surface area contributed by atoms with E-state index in [0.29, 0.717) is 10.6 Å². The van der Waals surface area contributed by atoms with E-state index in [2.05, 4.69) is 5.10 Å². The van der Waals surface area contributed by atoms with Crippen molar-refractivity contribution >= 4 is 17.4 Å². The Bertz CT molecular complexity index is 546. The molecule has 1 aromatic heterocycles. The third-order valence-electron chi connectivity index (χ3n) is 2.45. The van der Waals surface area contributed by atoms with Gasteiger partial charge in [0.2, 0.25) is 0 Å². The number of nitrogens with two attached hydrogens (primary N) is 1. The third kappa shape index (κ3) is 2.59. The Morgan fingerprint density at radius 1 is 1.22 bits per heavy atom. The van der Waals surface area contributed by atoms with E-state index in [1.165, 1.54) is 23.0 Å². The van der Waals surface area contributed by atoms with Crippen molar-refractivity contribution in [1.29, 1.82) is 0 Å². The van der Waals surface area contributed by atoms with Gasteiger partial charge in [-0.05, 0) is 17.7 Å². The molecule has 0 aliphatic rings. The Morgan fingerprint density at radius 3 is 2.28 bits per heavy atom. The van der Waals surface area contributed by atoms with Crippen molar-refractivity contribution in [1.82, 2.24) is 9.78 Å². The lowest BCUT2D eigenvalue weighted by Crippen LogP contribution is -2.07. The number of anilines is 1. The Labute approximate surface area is 106 Å². The average Bonchev–Trinajstić information content (AvgIpc) is 2.61. The molecule has 0 aliphatic carbocycles. The van der Waals surface area contributed by atoms with Crippen molar-refractivity contribution in [2.24, 2.45) is 0 Å². The molecular weight excluding hydrogens is 267 g/mol. The van der Waals surface area contributed by atoms with Crippen LogP contribution in [0.25, 0.3) is 0 Å². The molecular formula is C11H9ClF3N3. The largest absolute Gasteiger partial charge is 0.416 e. The molecule has 1 aromatic carbocycles. The molecule has 2 rings (SSSR count). The molecule has 18 heavy (non-hydrogen) atoms. The standard InChI is InChI=1S/C11H9ClF3N3/c12-9-5-17-18(10(9)16)6-7-1-3-8(4-2-7)11(13,14)15/h1-5H,6,16H2. The summed E-state index contributed by atoms with van der Waals surface area (Å²) in [5.74, 6) is 0.288. The zero-order chi connectivity index (χ0) is 13.3. The molecule has 1 heterocycles. The molecule has 0 bridgehead atoms. The summed E-state index contributed by atoms with van der Waals surface area (Å²) in [6, 6.07) is 4.82. The third-order valence-corrected chi connectivity index (χ3v) is 2.74. The molecule has 3 nitrogen and oxygen atoms in total. The molecule has 0 saturated carbocycles. The number of halogens is 4. The molecule has 0 fully saturated rings. The molecule has 2 aromatic rings. The molecule has 0 spiro atoms. The fourth-order valence-corrected chi connectivity index (χ4v) is 1.61. The molecule has 0 radical (unpaired) electrons. The van der Waals surface area contributed by atoms with Gasteiger partial charge >= 0.3 is 6.18 Å². The minimum Gasteiger partial charge on any atom is -0.383 e. The summed E-state index contributed by atoms with van der Waals surface area (Å²) in [6.45, 7) is 0.274. The van der Waals surface area contributed by atoms with Crippen LogP contribution in [-0.2, 0) is 12.7 Å². The number of hydrogen-bond acceptors (Lipinski definition) is 2. The molecule has 2 N–H and O–H groups in total. The van der Waals surface area contributed by atoms with E-state index in [1.807, 2.05) is 0 Å². The molecule has 96 valence electrons. The van der Waals surface area contributed by atoms with Crippen molar-refractivity contribution in [3.63, 3.8) is 0 Å². The van der Waals surface area contributed by atoms with Gasteiger partial charge in [-0.2, -0.15) is 18.3 Å². The second-order valence-corrected chi connectivity index (χ2v) is 4.14. The molecule has 0 atom stereocenters. The van der Waals surface area contributed by atoms with E-state index < -0.39 is 11.7 Å². The van der Waals surface area contributed by atoms with E-state index in [1.54, 1.807) is 0 Å². The van der Waals surface area contributed by atoms with E-state index in [-0.39, 0.29) is 12.4 Å². The van der Waals surface area contributed by atoms with Crippen molar-refractivity contribution in [3.8, 4) is 0 Å². The highest BCUT2D eigenvalue weighted by molar-refractivity contribution is 6.32. The van der Waals surface area contributed by atoms with Gasteiger partial charge in [0, 0.05) is 0 Å². The minimum absolute atomic E-state index is 0.274. The lowest BCUT2D eigenvalue weighted by atomic mass is 10.1. The van der Waals surface area contributed by atoms with Gasteiger partial charge < -0.3 is 5.73 Å². The lowest BCUT2D eigenvalue weighted by Gasteiger charge is -2.08. The van der Waals surface area contributed by atoms with Crippen LogP contribution in [0.5, 0.6) is 0 Å². The van der Waals surface area contributed by atoms with E-state index in [9.17, 15) is 13.2 Å². The van der Waals surface area contributed by atoms with Crippen LogP contribution in [0.4, 0.5) is 19.0 Å². The van der Waals surface area contributed by atoms with Crippen LogP contribution in [0.15, 0.2) is 30.5 Å². The SMILES string of the molecule is Nc1c(Cl)cnn1Cc1ccc(C(F)(F)F)cc1. The minimum atomic E-state index is -4.33. The normalized spacial score (nSPS) is 11.8. The van der Waals surface area contributed by atoms with Crippen LogP contribution in [0, 0.1) is 0 Å². The lowest BCUT2D eigenvalue weighted by molar-refractivity contribution is -0.137. The first-order chi connectivity index (χ1) is 8.38. The number of nitrogens with zero attached hydrogens (tertiary/aromatic N) is 2. The Hall–Kier alpha value is -1.69. The van der Waals surface area contributed by atoms with Gasteiger partial charge in [0.05, 0.1) is 18.3 Å². The van der Waals surface area contributed by atoms with Crippen molar-refractivity contribution in [2.75, 3.05) is 5.73 Å². The van der Waals surface area contributed by atoms with Crippen molar-refractivity contribution in [3.05, 3.63) is 46.6 Å². The second kappa shape index (κ2) is 4.53. The summed E-state index contributed by atoms with van der Waals surface area (Å²) in [7, 11) is 0. The van der Waals surface area contributed by atoms with Gasteiger partial charge in [-0.25, -0.2) is 4.68 Å². The van der Waals surface area contributed by atoms with Crippen LogP contribution in [0.1, 0.15) is 11.1 Å². The van der Waals surface area contributed by atoms with Gasteiger partial charge in [0.25, 0.3) is 0 Å². The number of hydrogen-bond donors (Lipinski definition) is 1. The number of nitrogen functional groups attached to an aromatic ring is 1. The Morgan fingerprint density at radius 2 is 1.83 bits per heavy atom. The Kier molecular flexibility index (Phi) is 3.21. The first kappa shape index (κ1) is 12.8. The number of alkyl halides is 3. The average molecular weight is 276 g/mol. The van der Waals surface area contributed by atoms with E-state index in [4.69, 9.17) is 17.3 Å². The summed E-state index contributed by atoms with van der Waals surface area (Å²) < 4.78 is 38.5. The zero-order valence-electron chi connectivity index (χ0n) is 9.08. The maximum absolute atomic E-state index is 12.4. The van der Waals surface area contributed by atoms with Crippen LogP contribution < -0.4 is 5.73 Å². The molecule has 7 heteroatoms. The maximum atomic E-state index is 12.4. The second-order valence-electron chi connectivity index (χ2n) is 3.73. The predicted octanol–water partition coefficient (Wildman–Crippen LogP) is 3.19. The monoisotopic (exact) mass is 275 g/mol. The smallest absolute Gasteiger partial charge is 0.383 e. The summed E-state index contributed by atoms with van der Waals surface area (Å²) in [6.07, 6.45) is -2.94. The topological polar surface area (TPSA) is 43.8 Å². The predicted molar refractivity (Wildman–Crippen MR) is 62.2 cm³/mol. The van der Waals surface area contributed by atoms with Crippen LogP contribution >= 0.6 is 11.6 Å². The highest BCUT2D eigenvalue weighted by Crippen LogP contribution is 2.29. The van der Waals surface area contributed by atoms with Gasteiger partial charge in [-0.15, -0.1) is 0 Å². The fourth-order valence-electron chi connectivity index (χ4n) is 1.47. The first-order valence-electron chi connectivity index (χ1n) is 5.01. The summed E-state index contributed by atoms with van der Waals surface area (Å²) in [5, 5.41) is 4.24. The summed E-state index contributed by atoms with van der Waals surface area (Å²) >= 11 is 5.72. The molecule has 0 aliphatic heterocycles. The first-order valence-corrected chi connectivity index (χ1v) is 5.38. The highest BCUT2D eigenvalue weighted by atomic mass is 35.5. The van der Waals surface area contributed by atoms with E-state index in [0.717, 1.165) is 12.1 Å². The van der Waals surface area contributed by atoms with E-state index >= 15 is 0 Å². The van der Waals surface area contributed by atoms with Gasteiger partial charge in [-0.3, -0.25) is 0 Å². The Balaban J connectivity index is 2.19. The number of benzene rings is 1. The highest BCUT2D eigenvalue weighted by Gasteiger charge is 2.29. The summed E-state index contributed by atoms with van der Waals surface area (Å²) in [4.78, 5) is 0. The summed E-state index contributed by atoms with van der Waals surface area (Å²) in [5.41, 5.74) is 5.62. The van der Waals surface area contributed by atoms with Gasteiger partial charge in [0.1, 0.15) is 10.8 Å². The van der Waals surface area contributed by atoms with Crippen LogP contribution in [-0.4, -0.2) is 9.78 Å². The van der Waals surface area contributed by atoms with Gasteiger partial charge in [-0.1, -0.05) is 23.7 Å².